The average molecular weight is 280 g/mol. The Morgan fingerprint density at radius 3 is 2.62 bits per heavy atom. The van der Waals surface area contributed by atoms with E-state index in [9.17, 15) is 9.18 Å². The lowest BCUT2D eigenvalue weighted by molar-refractivity contribution is 0.101. The Bertz CT molecular complexity index is 794. The van der Waals surface area contributed by atoms with Crippen molar-refractivity contribution in [1.82, 2.24) is 10.2 Å². The van der Waals surface area contributed by atoms with E-state index in [2.05, 4.69) is 10.2 Å². The molecule has 0 atom stereocenters. The van der Waals surface area contributed by atoms with Crippen molar-refractivity contribution in [3.05, 3.63) is 66.1 Å². The van der Waals surface area contributed by atoms with Crippen molar-refractivity contribution in [2.24, 2.45) is 0 Å². The third-order valence-corrected chi connectivity index (χ3v) is 3.35. The second-order valence-corrected chi connectivity index (χ2v) is 4.80. The van der Waals surface area contributed by atoms with Crippen molar-refractivity contribution in [2.45, 2.75) is 6.92 Å². The fraction of sp³-hybridized carbons (Fsp3) is 0.0588. The number of hydrogen-bond acceptors (Lipinski definition) is 2. The van der Waals surface area contributed by atoms with Gasteiger partial charge in [-0.3, -0.25) is 9.89 Å². The van der Waals surface area contributed by atoms with Gasteiger partial charge >= 0.3 is 0 Å². The van der Waals surface area contributed by atoms with Gasteiger partial charge < -0.3 is 0 Å². The molecule has 0 radical (unpaired) electrons. The van der Waals surface area contributed by atoms with E-state index >= 15 is 0 Å². The highest BCUT2D eigenvalue weighted by atomic mass is 19.1. The van der Waals surface area contributed by atoms with Crippen LogP contribution in [0, 0.1) is 5.82 Å². The Labute approximate surface area is 121 Å². The van der Waals surface area contributed by atoms with Crippen LogP contribution in [0.2, 0.25) is 0 Å². The highest BCUT2D eigenvalue weighted by Crippen LogP contribution is 2.28. The molecule has 1 N–H and O–H groups in total. The van der Waals surface area contributed by atoms with Gasteiger partial charge in [0.1, 0.15) is 5.82 Å². The number of H-pyrrole nitrogens is 1. The average Bonchev–Trinajstić information content (AvgIpc) is 3.01. The summed E-state index contributed by atoms with van der Waals surface area (Å²) in [5.41, 5.74) is 3.72. The summed E-state index contributed by atoms with van der Waals surface area (Å²) in [4.78, 5) is 11.7. The maximum Gasteiger partial charge on any atom is 0.160 e. The number of nitrogens with zero attached hydrogens (tertiary/aromatic N) is 1. The van der Waals surface area contributed by atoms with Crippen LogP contribution in [-0.4, -0.2) is 16.0 Å². The minimum Gasteiger partial charge on any atom is -0.294 e. The van der Waals surface area contributed by atoms with Crippen LogP contribution in [0.4, 0.5) is 4.39 Å². The topological polar surface area (TPSA) is 45.8 Å². The van der Waals surface area contributed by atoms with Crippen molar-refractivity contribution in [3.63, 3.8) is 0 Å². The Kier molecular flexibility index (Phi) is 3.36. The third-order valence-electron chi connectivity index (χ3n) is 3.35. The monoisotopic (exact) mass is 280 g/mol. The molecule has 0 unspecified atom stereocenters. The van der Waals surface area contributed by atoms with Crippen LogP contribution < -0.4 is 0 Å². The Morgan fingerprint density at radius 2 is 1.90 bits per heavy atom. The van der Waals surface area contributed by atoms with Gasteiger partial charge in [0.15, 0.2) is 5.78 Å². The zero-order valence-electron chi connectivity index (χ0n) is 11.4. The molecule has 3 aromatic rings. The molecule has 104 valence electrons. The molecule has 4 heteroatoms. The molecule has 3 rings (SSSR count). The van der Waals surface area contributed by atoms with Crippen LogP contribution in [0.1, 0.15) is 17.3 Å². The number of ketones is 1. The number of nitrogens with one attached hydrogen (secondary N) is 1. The molecule has 0 aliphatic rings. The number of carbonyl (C=O) groups is 1. The van der Waals surface area contributed by atoms with E-state index in [4.69, 9.17) is 0 Å². The molecule has 0 aliphatic carbocycles. The quantitative estimate of drug-likeness (QED) is 0.735. The first-order valence-electron chi connectivity index (χ1n) is 6.56. The van der Waals surface area contributed by atoms with E-state index in [1.165, 1.54) is 25.1 Å². The molecular weight excluding hydrogens is 267 g/mol. The number of halogens is 1. The van der Waals surface area contributed by atoms with E-state index in [0.717, 1.165) is 16.8 Å². The molecule has 0 amide bonds. The van der Waals surface area contributed by atoms with E-state index in [1.54, 1.807) is 6.20 Å². The molecule has 0 saturated heterocycles. The molecule has 21 heavy (non-hydrogen) atoms. The first-order valence-corrected chi connectivity index (χ1v) is 6.56. The van der Waals surface area contributed by atoms with E-state index in [0.29, 0.717) is 11.1 Å². The van der Waals surface area contributed by atoms with Gasteiger partial charge in [-0.1, -0.05) is 18.2 Å². The van der Waals surface area contributed by atoms with E-state index < -0.39 is 0 Å². The Hall–Kier alpha value is -2.75. The number of carbonyl (C=O) groups excluding carboxylic acids is 1. The molecule has 2 aromatic carbocycles. The van der Waals surface area contributed by atoms with Gasteiger partial charge in [0.05, 0.1) is 5.69 Å². The smallest absolute Gasteiger partial charge is 0.160 e. The van der Waals surface area contributed by atoms with Crippen LogP contribution in [0.25, 0.3) is 22.4 Å². The van der Waals surface area contributed by atoms with Gasteiger partial charge in [0, 0.05) is 17.3 Å². The van der Waals surface area contributed by atoms with E-state index in [-0.39, 0.29) is 11.6 Å². The van der Waals surface area contributed by atoms with Gasteiger partial charge in [-0.25, -0.2) is 4.39 Å². The molecule has 0 spiro atoms. The molecule has 0 saturated carbocycles. The van der Waals surface area contributed by atoms with Crippen LogP contribution in [-0.2, 0) is 0 Å². The Morgan fingerprint density at radius 1 is 1.10 bits per heavy atom. The van der Waals surface area contributed by atoms with Crippen LogP contribution >= 0.6 is 0 Å². The molecule has 0 aliphatic heterocycles. The molecule has 1 aromatic heterocycles. The van der Waals surface area contributed by atoms with Crippen molar-refractivity contribution >= 4 is 5.78 Å². The molecule has 1 heterocycles. The normalized spacial score (nSPS) is 10.6. The zero-order valence-corrected chi connectivity index (χ0v) is 11.4. The van der Waals surface area contributed by atoms with Crippen molar-refractivity contribution in [3.8, 4) is 22.4 Å². The summed E-state index contributed by atoms with van der Waals surface area (Å²) in [5, 5.41) is 6.81. The summed E-state index contributed by atoms with van der Waals surface area (Å²) in [6, 6.07) is 13.7. The molecule has 3 nitrogen and oxygen atoms in total. The lowest BCUT2D eigenvalue weighted by Gasteiger charge is -2.09. The Balaban J connectivity index is 2.15. The number of rotatable bonds is 3. The van der Waals surface area contributed by atoms with E-state index in [1.807, 2.05) is 30.3 Å². The summed E-state index contributed by atoms with van der Waals surface area (Å²) >= 11 is 0. The summed E-state index contributed by atoms with van der Waals surface area (Å²) < 4.78 is 13.5. The van der Waals surface area contributed by atoms with Crippen molar-refractivity contribution in [2.75, 3.05) is 0 Å². The molecular formula is C17H13FN2O. The van der Waals surface area contributed by atoms with Crippen LogP contribution in [0.5, 0.6) is 0 Å². The fourth-order valence-corrected chi connectivity index (χ4v) is 2.33. The summed E-state index contributed by atoms with van der Waals surface area (Å²) in [5.74, 6) is -0.445. The first-order chi connectivity index (χ1) is 10.1. The summed E-state index contributed by atoms with van der Waals surface area (Å²) in [7, 11) is 0. The second kappa shape index (κ2) is 5.32. The predicted octanol–water partition coefficient (Wildman–Crippen LogP) is 4.09. The SMILES string of the molecule is CC(=O)c1ccc(F)cc1-c1cccc(-c2ccn[nH]2)c1. The minimum atomic E-state index is -0.359. The largest absolute Gasteiger partial charge is 0.294 e. The number of aromatic nitrogens is 2. The van der Waals surface area contributed by atoms with Crippen LogP contribution in [0.3, 0.4) is 0 Å². The maximum absolute atomic E-state index is 13.5. The maximum atomic E-state index is 13.5. The summed E-state index contributed by atoms with van der Waals surface area (Å²) in [6.07, 6.45) is 1.67. The predicted molar refractivity (Wildman–Crippen MR) is 79.4 cm³/mol. The number of Topliss-reactive ketones (excluding diaryl/α,β-unsaturated/α-hetero) is 1. The number of hydrogen-bond donors (Lipinski definition) is 1. The fourth-order valence-electron chi connectivity index (χ4n) is 2.33. The van der Waals surface area contributed by atoms with Gasteiger partial charge in [-0.2, -0.15) is 5.10 Å². The lowest BCUT2D eigenvalue weighted by atomic mass is 9.95. The second-order valence-electron chi connectivity index (χ2n) is 4.80. The molecule has 0 fully saturated rings. The van der Waals surface area contributed by atoms with Crippen molar-refractivity contribution in [1.29, 1.82) is 0 Å². The van der Waals surface area contributed by atoms with Crippen molar-refractivity contribution < 1.29 is 9.18 Å². The van der Waals surface area contributed by atoms with Gasteiger partial charge in [-0.05, 0) is 48.4 Å². The lowest BCUT2D eigenvalue weighted by Crippen LogP contribution is -1.97. The highest BCUT2D eigenvalue weighted by molar-refractivity contribution is 6.01. The third kappa shape index (κ3) is 2.60. The number of benzene rings is 2. The number of aromatic amines is 1. The standard InChI is InChI=1S/C17H13FN2O/c1-11(21)15-6-5-14(18)10-16(15)12-3-2-4-13(9-12)17-7-8-19-20-17/h2-10H,1H3,(H,19,20). The zero-order chi connectivity index (χ0) is 14.8. The summed E-state index contributed by atoms with van der Waals surface area (Å²) in [6.45, 7) is 1.48. The minimum absolute atomic E-state index is 0.0862. The molecule has 0 bridgehead atoms. The van der Waals surface area contributed by atoms with Gasteiger partial charge in [0.25, 0.3) is 0 Å². The van der Waals surface area contributed by atoms with Gasteiger partial charge in [-0.15, -0.1) is 0 Å². The highest BCUT2D eigenvalue weighted by Gasteiger charge is 2.11. The first kappa shape index (κ1) is 13.2. The van der Waals surface area contributed by atoms with Gasteiger partial charge in [0.2, 0.25) is 0 Å². The van der Waals surface area contributed by atoms with Crippen LogP contribution in [0.15, 0.2) is 54.7 Å².